The van der Waals surface area contributed by atoms with E-state index in [-0.39, 0.29) is 17.7 Å². The normalized spacial score (nSPS) is 11.9. The molecule has 1 atom stereocenters. The number of carbonyl (C=O) groups excluding carboxylic acids is 2. The molecule has 0 radical (unpaired) electrons. The van der Waals surface area contributed by atoms with E-state index in [4.69, 9.17) is 0 Å². The lowest BCUT2D eigenvalue weighted by Crippen LogP contribution is -2.50. The molecule has 0 heterocycles. The van der Waals surface area contributed by atoms with Crippen LogP contribution < -0.4 is 10.2 Å². The fourth-order valence-corrected chi connectivity index (χ4v) is 2.43. The average Bonchev–Trinajstić information content (AvgIpc) is 2.59. The van der Waals surface area contributed by atoms with Crippen molar-refractivity contribution >= 4 is 17.5 Å². The Labute approximate surface area is 143 Å². The van der Waals surface area contributed by atoms with Gasteiger partial charge in [0.1, 0.15) is 6.04 Å². The lowest BCUT2D eigenvalue weighted by Gasteiger charge is -2.27. The Morgan fingerprint density at radius 3 is 2.08 bits per heavy atom. The SMILES string of the molecule is Cc1ccc(C(=O)NC(C(=O)N(C)c2ccccc2)C(C)C)cc1. The Kier molecular flexibility index (Phi) is 5.74. The van der Waals surface area contributed by atoms with Crippen molar-refractivity contribution in [3.63, 3.8) is 0 Å². The van der Waals surface area contributed by atoms with Crippen molar-refractivity contribution in [2.24, 2.45) is 5.92 Å². The monoisotopic (exact) mass is 324 g/mol. The van der Waals surface area contributed by atoms with Gasteiger partial charge < -0.3 is 10.2 Å². The Balaban J connectivity index is 2.15. The van der Waals surface area contributed by atoms with Crippen molar-refractivity contribution < 1.29 is 9.59 Å². The van der Waals surface area contributed by atoms with Gasteiger partial charge in [-0.2, -0.15) is 0 Å². The molecule has 0 saturated heterocycles. The molecule has 4 heteroatoms. The number of nitrogens with one attached hydrogen (secondary N) is 1. The minimum absolute atomic E-state index is 0.0157. The second-order valence-electron chi connectivity index (χ2n) is 6.29. The molecular formula is C20H24N2O2. The molecule has 2 aromatic carbocycles. The number of likely N-dealkylation sites (N-methyl/N-ethyl adjacent to an activating group) is 1. The third kappa shape index (κ3) is 4.22. The molecule has 2 aromatic rings. The topological polar surface area (TPSA) is 49.4 Å². The minimum atomic E-state index is -0.580. The third-order valence-electron chi connectivity index (χ3n) is 4.01. The zero-order valence-corrected chi connectivity index (χ0v) is 14.6. The Bertz CT molecular complexity index is 693. The van der Waals surface area contributed by atoms with Crippen molar-refractivity contribution in [2.45, 2.75) is 26.8 Å². The number of carbonyl (C=O) groups is 2. The van der Waals surface area contributed by atoms with Gasteiger partial charge in [-0.15, -0.1) is 0 Å². The number of anilines is 1. The van der Waals surface area contributed by atoms with Crippen LogP contribution in [0.25, 0.3) is 0 Å². The fraction of sp³-hybridized carbons (Fsp3) is 0.300. The zero-order chi connectivity index (χ0) is 17.7. The summed E-state index contributed by atoms with van der Waals surface area (Å²) in [4.78, 5) is 26.9. The molecule has 24 heavy (non-hydrogen) atoms. The summed E-state index contributed by atoms with van der Waals surface area (Å²) in [6.45, 7) is 5.82. The molecule has 1 N–H and O–H groups in total. The van der Waals surface area contributed by atoms with Crippen LogP contribution in [0.1, 0.15) is 29.8 Å². The summed E-state index contributed by atoms with van der Waals surface area (Å²) >= 11 is 0. The number of benzene rings is 2. The maximum Gasteiger partial charge on any atom is 0.251 e. The van der Waals surface area contributed by atoms with Crippen LogP contribution in [0.15, 0.2) is 54.6 Å². The Hall–Kier alpha value is -2.62. The quantitative estimate of drug-likeness (QED) is 0.916. The number of para-hydroxylation sites is 1. The molecule has 0 fully saturated rings. The van der Waals surface area contributed by atoms with E-state index in [9.17, 15) is 9.59 Å². The second-order valence-corrected chi connectivity index (χ2v) is 6.29. The molecule has 0 aliphatic rings. The summed E-state index contributed by atoms with van der Waals surface area (Å²) < 4.78 is 0. The second kappa shape index (κ2) is 7.77. The number of aryl methyl sites for hydroxylation is 1. The van der Waals surface area contributed by atoms with E-state index in [1.807, 2.05) is 63.2 Å². The lowest BCUT2D eigenvalue weighted by molar-refractivity contribution is -0.121. The van der Waals surface area contributed by atoms with Gasteiger partial charge in [0.15, 0.2) is 0 Å². The number of hydrogen-bond donors (Lipinski definition) is 1. The first kappa shape index (κ1) is 17.7. The van der Waals surface area contributed by atoms with Crippen LogP contribution in [0.5, 0.6) is 0 Å². The lowest BCUT2D eigenvalue weighted by atomic mass is 10.0. The first-order valence-corrected chi connectivity index (χ1v) is 8.10. The van der Waals surface area contributed by atoms with Crippen molar-refractivity contribution in [2.75, 3.05) is 11.9 Å². The van der Waals surface area contributed by atoms with Gasteiger partial charge >= 0.3 is 0 Å². The highest BCUT2D eigenvalue weighted by Crippen LogP contribution is 2.15. The summed E-state index contributed by atoms with van der Waals surface area (Å²) in [7, 11) is 1.73. The molecule has 0 spiro atoms. The van der Waals surface area contributed by atoms with Crippen LogP contribution in [-0.2, 0) is 4.79 Å². The van der Waals surface area contributed by atoms with E-state index < -0.39 is 6.04 Å². The van der Waals surface area contributed by atoms with E-state index in [2.05, 4.69) is 5.32 Å². The van der Waals surface area contributed by atoms with E-state index in [0.29, 0.717) is 5.56 Å². The summed E-state index contributed by atoms with van der Waals surface area (Å²) in [6.07, 6.45) is 0. The highest BCUT2D eigenvalue weighted by Gasteiger charge is 2.27. The first-order chi connectivity index (χ1) is 11.4. The number of rotatable bonds is 5. The molecule has 0 aliphatic carbocycles. The summed E-state index contributed by atoms with van der Waals surface area (Å²) in [5, 5.41) is 2.87. The smallest absolute Gasteiger partial charge is 0.251 e. The molecule has 1 unspecified atom stereocenters. The van der Waals surface area contributed by atoms with Gasteiger partial charge in [-0.25, -0.2) is 0 Å². The van der Waals surface area contributed by atoms with Gasteiger partial charge in [0.2, 0.25) is 5.91 Å². The first-order valence-electron chi connectivity index (χ1n) is 8.10. The van der Waals surface area contributed by atoms with Crippen molar-refractivity contribution in [1.29, 1.82) is 0 Å². The van der Waals surface area contributed by atoms with Crippen molar-refractivity contribution in [3.05, 3.63) is 65.7 Å². The number of amides is 2. The van der Waals surface area contributed by atoms with Gasteiger partial charge in [0.25, 0.3) is 5.91 Å². The van der Waals surface area contributed by atoms with Crippen LogP contribution in [0.4, 0.5) is 5.69 Å². The Morgan fingerprint density at radius 1 is 0.958 bits per heavy atom. The van der Waals surface area contributed by atoms with Crippen LogP contribution in [0.3, 0.4) is 0 Å². The standard InChI is InChI=1S/C20H24N2O2/c1-14(2)18(20(24)22(4)17-8-6-5-7-9-17)21-19(23)16-12-10-15(3)11-13-16/h5-14,18H,1-4H3,(H,21,23). The van der Waals surface area contributed by atoms with E-state index in [1.54, 1.807) is 24.1 Å². The predicted molar refractivity (Wildman–Crippen MR) is 97.1 cm³/mol. The van der Waals surface area contributed by atoms with Crippen LogP contribution in [0, 0.1) is 12.8 Å². The largest absolute Gasteiger partial charge is 0.340 e. The summed E-state index contributed by atoms with van der Waals surface area (Å²) in [5.74, 6) is -0.377. The van der Waals surface area contributed by atoms with Crippen LogP contribution >= 0.6 is 0 Å². The van der Waals surface area contributed by atoms with Crippen LogP contribution in [-0.4, -0.2) is 24.9 Å². The van der Waals surface area contributed by atoms with Crippen LogP contribution in [0.2, 0.25) is 0 Å². The van der Waals surface area contributed by atoms with Crippen molar-refractivity contribution in [3.8, 4) is 0 Å². The average molecular weight is 324 g/mol. The molecule has 2 rings (SSSR count). The highest BCUT2D eigenvalue weighted by atomic mass is 16.2. The van der Waals surface area contributed by atoms with Gasteiger partial charge in [-0.05, 0) is 37.1 Å². The molecule has 4 nitrogen and oxygen atoms in total. The number of hydrogen-bond acceptors (Lipinski definition) is 2. The zero-order valence-electron chi connectivity index (χ0n) is 14.6. The predicted octanol–water partition coefficient (Wildman–Crippen LogP) is 3.41. The minimum Gasteiger partial charge on any atom is -0.340 e. The van der Waals surface area contributed by atoms with E-state index in [1.165, 1.54) is 0 Å². The van der Waals surface area contributed by atoms with E-state index >= 15 is 0 Å². The van der Waals surface area contributed by atoms with Gasteiger partial charge in [-0.3, -0.25) is 9.59 Å². The maximum atomic E-state index is 12.8. The Morgan fingerprint density at radius 2 is 1.54 bits per heavy atom. The molecule has 0 saturated carbocycles. The summed E-state index contributed by atoms with van der Waals surface area (Å²) in [5.41, 5.74) is 2.45. The summed E-state index contributed by atoms with van der Waals surface area (Å²) in [6, 6.07) is 16.1. The molecular weight excluding hydrogens is 300 g/mol. The van der Waals surface area contributed by atoms with Gasteiger partial charge in [0.05, 0.1) is 0 Å². The molecule has 126 valence electrons. The number of nitrogens with zero attached hydrogens (tertiary/aromatic N) is 1. The molecule has 0 aromatic heterocycles. The fourth-order valence-electron chi connectivity index (χ4n) is 2.43. The molecule has 2 amide bonds. The molecule has 0 bridgehead atoms. The molecule has 0 aliphatic heterocycles. The third-order valence-corrected chi connectivity index (χ3v) is 4.01. The van der Waals surface area contributed by atoms with Crippen molar-refractivity contribution in [1.82, 2.24) is 5.32 Å². The van der Waals surface area contributed by atoms with Gasteiger partial charge in [0, 0.05) is 18.3 Å². The highest BCUT2D eigenvalue weighted by molar-refractivity contribution is 6.02. The van der Waals surface area contributed by atoms with E-state index in [0.717, 1.165) is 11.3 Å². The maximum absolute atomic E-state index is 12.8. The van der Waals surface area contributed by atoms with Gasteiger partial charge in [-0.1, -0.05) is 49.7 Å².